The molecule has 0 radical (unpaired) electrons. The van der Waals surface area contributed by atoms with E-state index in [0.717, 1.165) is 11.3 Å². The van der Waals surface area contributed by atoms with E-state index in [-0.39, 0.29) is 12.5 Å². The minimum atomic E-state index is -0.869. The van der Waals surface area contributed by atoms with Gasteiger partial charge in [-0.1, -0.05) is 0 Å². The van der Waals surface area contributed by atoms with Crippen LogP contribution in [0.1, 0.15) is 37.9 Å². The maximum Gasteiger partial charge on any atom is 0.315 e. The van der Waals surface area contributed by atoms with Crippen LogP contribution in [0.3, 0.4) is 0 Å². The van der Waals surface area contributed by atoms with E-state index in [2.05, 4.69) is 15.7 Å². The Morgan fingerprint density at radius 3 is 2.60 bits per heavy atom. The Labute approximate surface area is 118 Å². The zero-order valence-electron chi connectivity index (χ0n) is 12.4. The fourth-order valence-corrected chi connectivity index (χ4v) is 1.83. The standard InChI is InChI=1S/C13H22N4O3/c1-9-10(8-17(4)16-9)7-14-12(20)15-13(2,3)6-5-11(18)19/h8H,5-7H2,1-4H3,(H,18,19)(H2,14,15,20). The summed E-state index contributed by atoms with van der Waals surface area (Å²) in [5.74, 6) is -0.869. The number of urea groups is 1. The molecule has 0 spiro atoms. The van der Waals surface area contributed by atoms with Crippen LogP contribution < -0.4 is 10.6 Å². The van der Waals surface area contributed by atoms with E-state index in [1.54, 1.807) is 18.5 Å². The number of rotatable bonds is 6. The Kier molecular flexibility index (Phi) is 5.12. The fraction of sp³-hybridized carbons (Fsp3) is 0.615. The molecule has 2 amide bonds. The van der Waals surface area contributed by atoms with E-state index in [9.17, 15) is 9.59 Å². The highest BCUT2D eigenvalue weighted by Crippen LogP contribution is 2.11. The molecule has 0 saturated heterocycles. The quantitative estimate of drug-likeness (QED) is 0.729. The number of hydrogen-bond donors (Lipinski definition) is 3. The maximum absolute atomic E-state index is 11.8. The Bertz CT molecular complexity index is 494. The van der Waals surface area contributed by atoms with Crippen molar-refractivity contribution in [1.82, 2.24) is 20.4 Å². The number of carboxylic acids is 1. The van der Waals surface area contributed by atoms with Crippen molar-refractivity contribution in [2.24, 2.45) is 7.05 Å². The number of aryl methyl sites for hydroxylation is 2. The smallest absolute Gasteiger partial charge is 0.315 e. The largest absolute Gasteiger partial charge is 0.481 e. The summed E-state index contributed by atoms with van der Waals surface area (Å²) in [6.45, 7) is 5.86. The number of hydrogen-bond acceptors (Lipinski definition) is 3. The van der Waals surface area contributed by atoms with E-state index in [1.807, 2.05) is 20.2 Å². The van der Waals surface area contributed by atoms with Gasteiger partial charge in [0.2, 0.25) is 0 Å². The average molecular weight is 282 g/mol. The molecule has 3 N–H and O–H groups in total. The molecule has 0 bridgehead atoms. The van der Waals surface area contributed by atoms with Crippen molar-refractivity contribution >= 4 is 12.0 Å². The van der Waals surface area contributed by atoms with Crippen LogP contribution in [-0.2, 0) is 18.4 Å². The minimum absolute atomic E-state index is 0.0228. The summed E-state index contributed by atoms with van der Waals surface area (Å²) in [6, 6.07) is -0.316. The molecule has 7 heteroatoms. The minimum Gasteiger partial charge on any atom is -0.481 e. The van der Waals surface area contributed by atoms with Gasteiger partial charge in [-0.3, -0.25) is 9.48 Å². The molecule has 0 fully saturated rings. The molecule has 1 rings (SSSR count). The molecule has 112 valence electrons. The molecule has 1 aromatic heterocycles. The van der Waals surface area contributed by atoms with E-state index in [0.29, 0.717) is 13.0 Å². The average Bonchev–Trinajstić information content (AvgIpc) is 2.62. The number of carbonyl (C=O) groups is 2. The SMILES string of the molecule is Cc1nn(C)cc1CNC(=O)NC(C)(C)CCC(=O)O. The summed E-state index contributed by atoms with van der Waals surface area (Å²) in [4.78, 5) is 22.3. The van der Waals surface area contributed by atoms with E-state index in [4.69, 9.17) is 5.11 Å². The zero-order valence-corrected chi connectivity index (χ0v) is 12.4. The second kappa shape index (κ2) is 6.40. The predicted octanol–water partition coefficient (Wildman–Crippen LogP) is 1.17. The van der Waals surface area contributed by atoms with Crippen LogP contribution in [-0.4, -0.2) is 32.4 Å². The second-order valence-electron chi connectivity index (χ2n) is 5.50. The third-order valence-corrected chi connectivity index (χ3v) is 2.97. The number of amides is 2. The lowest BCUT2D eigenvalue weighted by molar-refractivity contribution is -0.137. The molecule has 0 aromatic carbocycles. The molecular weight excluding hydrogens is 260 g/mol. The number of aliphatic carboxylic acids is 1. The molecule has 0 atom stereocenters. The Morgan fingerprint density at radius 2 is 2.10 bits per heavy atom. The van der Waals surface area contributed by atoms with Crippen molar-refractivity contribution in [3.63, 3.8) is 0 Å². The lowest BCUT2D eigenvalue weighted by Crippen LogP contribution is -2.48. The van der Waals surface area contributed by atoms with Crippen molar-refractivity contribution in [3.8, 4) is 0 Å². The van der Waals surface area contributed by atoms with Crippen LogP contribution in [0.5, 0.6) is 0 Å². The Morgan fingerprint density at radius 1 is 1.45 bits per heavy atom. The van der Waals surface area contributed by atoms with Crippen molar-refractivity contribution < 1.29 is 14.7 Å². The first-order valence-electron chi connectivity index (χ1n) is 6.46. The monoisotopic (exact) mass is 282 g/mol. The third kappa shape index (κ3) is 5.29. The van der Waals surface area contributed by atoms with Crippen LogP contribution in [0.15, 0.2) is 6.20 Å². The van der Waals surface area contributed by atoms with Crippen molar-refractivity contribution in [1.29, 1.82) is 0 Å². The summed E-state index contributed by atoms with van der Waals surface area (Å²) in [5, 5.41) is 18.4. The van der Waals surface area contributed by atoms with Gasteiger partial charge in [0.25, 0.3) is 0 Å². The highest BCUT2D eigenvalue weighted by molar-refractivity contribution is 5.75. The van der Waals surface area contributed by atoms with Crippen molar-refractivity contribution in [2.45, 2.75) is 45.7 Å². The van der Waals surface area contributed by atoms with Gasteiger partial charge in [0.1, 0.15) is 0 Å². The molecule has 1 heterocycles. The van der Waals surface area contributed by atoms with E-state index >= 15 is 0 Å². The highest BCUT2D eigenvalue weighted by Gasteiger charge is 2.21. The predicted molar refractivity (Wildman–Crippen MR) is 74.3 cm³/mol. The molecule has 0 saturated carbocycles. The van der Waals surface area contributed by atoms with Gasteiger partial charge in [0.15, 0.2) is 0 Å². The summed E-state index contributed by atoms with van der Waals surface area (Å²) in [7, 11) is 1.82. The first-order chi connectivity index (χ1) is 9.19. The molecule has 7 nitrogen and oxygen atoms in total. The Balaban J connectivity index is 2.43. The van der Waals surface area contributed by atoms with Crippen LogP contribution in [0.25, 0.3) is 0 Å². The third-order valence-electron chi connectivity index (χ3n) is 2.97. The molecule has 1 aromatic rings. The lowest BCUT2D eigenvalue weighted by Gasteiger charge is -2.25. The molecule has 0 unspecified atom stereocenters. The zero-order chi connectivity index (χ0) is 15.3. The number of nitrogens with zero attached hydrogens (tertiary/aromatic N) is 2. The van der Waals surface area contributed by atoms with Gasteiger partial charge in [-0.2, -0.15) is 5.10 Å². The van der Waals surface area contributed by atoms with Gasteiger partial charge >= 0.3 is 12.0 Å². The van der Waals surface area contributed by atoms with Crippen molar-refractivity contribution in [3.05, 3.63) is 17.5 Å². The van der Waals surface area contributed by atoms with Gasteiger partial charge in [-0.15, -0.1) is 0 Å². The summed E-state index contributed by atoms with van der Waals surface area (Å²) < 4.78 is 1.70. The van der Waals surface area contributed by atoms with Gasteiger partial charge in [0, 0.05) is 37.3 Å². The van der Waals surface area contributed by atoms with E-state index in [1.165, 1.54) is 0 Å². The maximum atomic E-state index is 11.8. The molecule has 0 aliphatic heterocycles. The first kappa shape index (κ1) is 16.0. The van der Waals surface area contributed by atoms with Crippen LogP contribution in [0, 0.1) is 6.92 Å². The van der Waals surface area contributed by atoms with Gasteiger partial charge in [-0.05, 0) is 27.2 Å². The Hall–Kier alpha value is -2.05. The van der Waals surface area contributed by atoms with Crippen molar-refractivity contribution in [2.75, 3.05) is 0 Å². The number of nitrogens with one attached hydrogen (secondary N) is 2. The second-order valence-corrected chi connectivity index (χ2v) is 5.50. The molecule has 0 aliphatic carbocycles. The molecular formula is C13H22N4O3. The van der Waals surface area contributed by atoms with Gasteiger partial charge in [-0.25, -0.2) is 4.79 Å². The summed E-state index contributed by atoms with van der Waals surface area (Å²) >= 11 is 0. The number of aromatic nitrogens is 2. The normalized spacial score (nSPS) is 11.2. The lowest BCUT2D eigenvalue weighted by atomic mass is 9.99. The molecule has 0 aliphatic rings. The summed E-state index contributed by atoms with van der Waals surface area (Å²) in [5.41, 5.74) is 1.26. The van der Waals surface area contributed by atoms with Crippen LogP contribution >= 0.6 is 0 Å². The van der Waals surface area contributed by atoms with Gasteiger partial charge in [0.05, 0.1) is 5.69 Å². The summed E-state index contributed by atoms with van der Waals surface area (Å²) in [6.07, 6.45) is 2.25. The van der Waals surface area contributed by atoms with Crippen LogP contribution in [0.2, 0.25) is 0 Å². The van der Waals surface area contributed by atoms with Gasteiger partial charge < -0.3 is 15.7 Å². The highest BCUT2D eigenvalue weighted by atomic mass is 16.4. The topological polar surface area (TPSA) is 96.3 Å². The fourth-order valence-electron chi connectivity index (χ4n) is 1.83. The number of carboxylic acid groups (broad SMARTS) is 1. The van der Waals surface area contributed by atoms with E-state index < -0.39 is 11.5 Å². The number of carbonyl (C=O) groups excluding carboxylic acids is 1. The first-order valence-corrected chi connectivity index (χ1v) is 6.46. The molecule has 20 heavy (non-hydrogen) atoms. The van der Waals surface area contributed by atoms with Crippen LogP contribution in [0.4, 0.5) is 4.79 Å².